The highest BCUT2D eigenvalue weighted by Crippen LogP contribution is 2.20. The molecule has 0 radical (unpaired) electrons. The minimum atomic E-state index is 0.918. The molecule has 0 aliphatic heterocycles. The van der Waals surface area contributed by atoms with Crippen molar-refractivity contribution in [2.75, 3.05) is 0 Å². The van der Waals surface area contributed by atoms with Crippen molar-refractivity contribution in [3.05, 3.63) is 72.3 Å². The van der Waals surface area contributed by atoms with Gasteiger partial charge in [-0.2, -0.15) is 0 Å². The molecule has 0 unspecified atom stereocenters. The highest BCUT2D eigenvalue weighted by Gasteiger charge is 1.98. The Morgan fingerprint density at radius 1 is 0.944 bits per heavy atom. The average Bonchev–Trinajstić information content (AvgIpc) is 2.46. The van der Waals surface area contributed by atoms with Gasteiger partial charge in [0, 0.05) is 5.56 Å². The summed E-state index contributed by atoms with van der Waals surface area (Å²) in [6.45, 7) is 3.74. The molecule has 0 aliphatic rings. The van der Waals surface area contributed by atoms with Gasteiger partial charge in [-0.05, 0) is 41.7 Å². The van der Waals surface area contributed by atoms with Crippen LogP contribution in [0.15, 0.2) is 61.2 Å². The lowest BCUT2D eigenvalue weighted by atomic mass is 10.0. The van der Waals surface area contributed by atoms with E-state index in [1.165, 1.54) is 16.7 Å². The number of hydrogen-bond acceptors (Lipinski definition) is 0. The molecule has 0 heteroatoms. The first-order valence-corrected chi connectivity index (χ1v) is 6.10. The molecule has 18 heavy (non-hydrogen) atoms. The zero-order chi connectivity index (χ0) is 12.8. The standard InChI is InChI=1S/C18H16/c1-3-5-6-16-9-13-18(14-10-16)17-11-7-15(4-2)8-12-17/h2-3,7-14H,1,5-6H2. The first-order chi connectivity index (χ1) is 8.83. The second-order valence-electron chi connectivity index (χ2n) is 4.25. The van der Waals surface area contributed by atoms with Gasteiger partial charge in [-0.15, -0.1) is 13.0 Å². The molecule has 88 valence electrons. The molecule has 0 atom stereocenters. The van der Waals surface area contributed by atoms with Gasteiger partial charge in [0.2, 0.25) is 0 Å². The summed E-state index contributed by atoms with van der Waals surface area (Å²) in [5.41, 5.74) is 4.69. The van der Waals surface area contributed by atoms with Crippen LogP contribution < -0.4 is 0 Å². The van der Waals surface area contributed by atoms with Crippen molar-refractivity contribution in [2.45, 2.75) is 12.8 Å². The van der Waals surface area contributed by atoms with Gasteiger partial charge in [0.1, 0.15) is 0 Å². The summed E-state index contributed by atoms with van der Waals surface area (Å²) in [5, 5.41) is 0. The van der Waals surface area contributed by atoms with Crippen molar-refractivity contribution in [3.8, 4) is 23.5 Å². The van der Waals surface area contributed by atoms with Crippen molar-refractivity contribution < 1.29 is 0 Å². The number of benzene rings is 2. The fourth-order valence-electron chi connectivity index (χ4n) is 1.89. The second-order valence-corrected chi connectivity index (χ2v) is 4.25. The van der Waals surface area contributed by atoms with Crippen LogP contribution in [0, 0.1) is 12.3 Å². The zero-order valence-corrected chi connectivity index (χ0v) is 10.4. The molecular formula is C18H16. The third-order valence-electron chi connectivity index (χ3n) is 2.98. The molecule has 0 nitrogen and oxygen atoms in total. The maximum atomic E-state index is 5.35. The summed E-state index contributed by atoms with van der Waals surface area (Å²) in [7, 11) is 0. The molecule has 0 N–H and O–H groups in total. The lowest BCUT2D eigenvalue weighted by Crippen LogP contribution is -1.84. The smallest absolute Gasteiger partial charge is 0.0243 e. The maximum Gasteiger partial charge on any atom is 0.0243 e. The first kappa shape index (κ1) is 12.2. The van der Waals surface area contributed by atoms with Crippen molar-refractivity contribution in [3.63, 3.8) is 0 Å². The SMILES string of the molecule is C#Cc1ccc(-c2ccc(CCC=C)cc2)cc1. The van der Waals surface area contributed by atoms with Crippen LogP contribution in [0.2, 0.25) is 0 Å². The highest BCUT2D eigenvalue weighted by atomic mass is 14.0. The molecule has 0 fully saturated rings. The summed E-state index contributed by atoms with van der Waals surface area (Å²) in [5.74, 6) is 2.63. The van der Waals surface area contributed by atoms with E-state index in [-0.39, 0.29) is 0 Å². The first-order valence-electron chi connectivity index (χ1n) is 6.10. The van der Waals surface area contributed by atoms with E-state index in [1.807, 2.05) is 18.2 Å². The predicted octanol–water partition coefficient (Wildman–Crippen LogP) is 4.45. The molecule has 0 aromatic heterocycles. The van der Waals surface area contributed by atoms with Crippen LogP contribution in [0.4, 0.5) is 0 Å². The van der Waals surface area contributed by atoms with Gasteiger partial charge in [0.15, 0.2) is 0 Å². The minimum absolute atomic E-state index is 0.918. The molecule has 0 heterocycles. The van der Waals surface area contributed by atoms with Crippen LogP contribution >= 0.6 is 0 Å². The molecule has 2 aromatic rings. The predicted molar refractivity (Wildman–Crippen MR) is 78.3 cm³/mol. The van der Waals surface area contributed by atoms with Crippen molar-refractivity contribution in [2.24, 2.45) is 0 Å². The molecule has 2 aromatic carbocycles. The molecule has 2 rings (SSSR count). The lowest BCUT2D eigenvalue weighted by Gasteiger charge is -2.04. The van der Waals surface area contributed by atoms with Gasteiger partial charge in [0.25, 0.3) is 0 Å². The largest absolute Gasteiger partial charge is 0.115 e. The lowest BCUT2D eigenvalue weighted by molar-refractivity contribution is 1.00. The molecule has 0 aliphatic carbocycles. The van der Waals surface area contributed by atoms with Gasteiger partial charge in [0.05, 0.1) is 0 Å². The number of rotatable bonds is 4. The van der Waals surface area contributed by atoms with Crippen LogP contribution in [0.1, 0.15) is 17.5 Å². The van der Waals surface area contributed by atoms with Gasteiger partial charge >= 0.3 is 0 Å². The van der Waals surface area contributed by atoms with Crippen molar-refractivity contribution in [1.29, 1.82) is 0 Å². The van der Waals surface area contributed by atoms with E-state index in [9.17, 15) is 0 Å². The number of hydrogen-bond donors (Lipinski definition) is 0. The Kier molecular flexibility index (Phi) is 3.99. The topological polar surface area (TPSA) is 0 Å². The van der Waals surface area contributed by atoms with E-state index in [4.69, 9.17) is 6.42 Å². The van der Waals surface area contributed by atoms with Crippen LogP contribution in [0.25, 0.3) is 11.1 Å². The van der Waals surface area contributed by atoms with Crippen LogP contribution in [-0.4, -0.2) is 0 Å². The Hall–Kier alpha value is -2.26. The Balaban J connectivity index is 2.18. The Morgan fingerprint density at radius 3 is 2.00 bits per heavy atom. The number of aryl methyl sites for hydroxylation is 1. The highest BCUT2D eigenvalue weighted by molar-refractivity contribution is 5.64. The van der Waals surface area contributed by atoms with E-state index in [2.05, 4.69) is 48.9 Å². The molecule has 0 saturated heterocycles. The summed E-state index contributed by atoms with van der Waals surface area (Å²) in [6, 6.07) is 16.7. The fourth-order valence-corrected chi connectivity index (χ4v) is 1.89. The fraction of sp³-hybridized carbons (Fsp3) is 0.111. The van der Waals surface area contributed by atoms with Gasteiger partial charge < -0.3 is 0 Å². The summed E-state index contributed by atoms with van der Waals surface area (Å²) >= 11 is 0. The van der Waals surface area contributed by atoms with Crippen molar-refractivity contribution in [1.82, 2.24) is 0 Å². The number of terminal acetylenes is 1. The van der Waals surface area contributed by atoms with Gasteiger partial charge in [-0.1, -0.05) is 48.4 Å². The monoisotopic (exact) mass is 232 g/mol. The Bertz CT molecular complexity index is 550. The van der Waals surface area contributed by atoms with Crippen molar-refractivity contribution >= 4 is 0 Å². The molecule has 0 amide bonds. The molecule has 0 spiro atoms. The van der Waals surface area contributed by atoms with Crippen LogP contribution in [0.5, 0.6) is 0 Å². The molecular weight excluding hydrogens is 216 g/mol. The maximum absolute atomic E-state index is 5.35. The summed E-state index contributed by atoms with van der Waals surface area (Å²) < 4.78 is 0. The Morgan fingerprint density at radius 2 is 1.50 bits per heavy atom. The van der Waals surface area contributed by atoms with E-state index < -0.39 is 0 Å². The van der Waals surface area contributed by atoms with E-state index in [1.54, 1.807) is 0 Å². The second kappa shape index (κ2) is 5.89. The van der Waals surface area contributed by atoms with Gasteiger partial charge in [-0.25, -0.2) is 0 Å². The molecule has 0 saturated carbocycles. The number of allylic oxidation sites excluding steroid dienone is 1. The van der Waals surface area contributed by atoms with Gasteiger partial charge in [-0.3, -0.25) is 0 Å². The van der Waals surface area contributed by atoms with E-state index in [0.717, 1.165) is 18.4 Å². The normalized spacial score (nSPS) is 9.72. The Labute approximate surface area is 109 Å². The molecule has 0 bridgehead atoms. The van der Waals surface area contributed by atoms with Crippen LogP contribution in [-0.2, 0) is 6.42 Å². The third-order valence-corrected chi connectivity index (χ3v) is 2.98. The summed E-state index contributed by atoms with van der Waals surface area (Å²) in [4.78, 5) is 0. The zero-order valence-electron chi connectivity index (χ0n) is 10.4. The quantitative estimate of drug-likeness (QED) is 0.539. The summed E-state index contributed by atoms with van der Waals surface area (Å²) in [6.07, 6.45) is 9.38. The average molecular weight is 232 g/mol. The van der Waals surface area contributed by atoms with E-state index in [0.29, 0.717) is 0 Å². The third kappa shape index (κ3) is 2.90. The minimum Gasteiger partial charge on any atom is -0.115 e. The van der Waals surface area contributed by atoms with Crippen LogP contribution in [0.3, 0.4) is 0 Å². The van der Waals surface area contributed by atoms with E-state index >= 15 is 0 Å².